The molecule has 0 amide bonds. The first-order valence-corrected chi connectivity index (χ1v) is 4.83. The van der Waals surface area contributed by atoms with Crippen LogP contribution in [0.5, 0.6) is 0 Å². The number of rotatable bonds is 1. The molecule has 0 aliphatic heterocycles. The zero-order chi connectivity index (χ0) is 8.48. The van der Waals surface area contributed by atoms with Crippen molar-refractivity contribution >= 4 is 0 Å². The number of hydrogen-bond donors (Lipinski definition) is 1. The van der Waals surface area contributed by atoms with Gasteiger partial charge in [0.05, 0.1) is 0 Å². The van der Waals surface area contributed by atoms with Crippen molar-refractivity contribution in [3.63, 3.8) is 0 Å². The predicted molar refractivity (Wildman–Crippen MR) is 49.4 cm³/mol. The van der Waals surface area contributed by atoms with E-state index in [-0.39, 0.29) is 5.54 Å². The SMILES string of the molecule is CC(C)C1CCCCC1(C)N. The third-order valence-corrected chi connectivity index (χ3v) is 3.13. The Morgan fingerprint density at radius 1 is 1.36 bits per heavy atom. The van der Waals surface area contributed by atoms with Gasteiger partial charge in [-0.2, -0.15) is 0 Å². The molecule has 11 heavy (non-hydrogen) atoms. The molecule has 66 valence electrons. The lowest BCUT2D eigenvalue weighted by Crippen LogP contribution is -2.48. The molecule has 2 N–H and O–H groups in total. The zero-order valence-corrected chi connectivity index (χ0v) is 8.06. The van der Waals surface area contributed by atoms with Crippen LogP contribution in [0.15, 0.2) is 0 Å². The molecule has 1 rings (SSSR count). The number of nitrogens with two attached hydrogens (primary N) is 1. The maximum absolute atomic E-state index is 6.22. The summed E-state index contributed by atoms with van der Waals surface area (Å²) in [5.41, 5.74) is 6.34. The van der Waals surface area contributed by atoms with Crippen molar-refractivity contribution < 1.29 is 0 Å². The summed E-state index contributed by atoms with van der Waals surface area (Å²) in [5, 5.41) is 0. The van der Waals surface area contributed by atoms with Gasteiger partial charge in [0.25, 0.3) is 0 Å². The minimum Gasteiger partial charge on any atom is -0.325 e. The summed E-state index contributed by atoms with van der Waals surface area (Å²) in [6, 6.07) is 0. The molecule has 1 fully saturated rings. The summed E-state index contributed by atoms with van der Waals surface area (Å²) >= 11 is 0. The Bertz CT molecular complexity index is 127. The molecule has 1 heteroatoms. The second-order valence-corrected chi connectivity index (χ2v) is 4.60. The normalized spacial score (nSPS) is 39.5. The first kappa shape index (κ1) is 9.05. The topological polar surface area (TPSA) is 26.0 Å². The third-order valence-electron chi connectivity index (χ3n) is 3.13. The lowest BCUT2D eigenvalue weighted by Gasteiger charge is -2.40. The minimum absolute atomic E-state index is 0.117. The van der Waals surface area contributed by atoms with E-state index in [0.29, 0.717) is 0 Å². The van der Waals surface area contributed by atoms with Gasteiger partial charge in [0.15, 0.2) is 0 Å². The molecule has 0 spiro atoms. The molecule has 2 atom stereocenters. The van der Waals surface area contributed by atoms with Crippen LogP contribution in [0, 0.1) is 11.8 Å². The van der Waals surface area contributed by atoms with Gasteiger partial charge in [-0.1, -0.05) is 26.7 Å². The first-order chi connectivity index (χ1) is 5.04. The van der Waals surface area contributed by atoms with Crippen LogP contribution in [-0.4, -0.2) is 5.54 Å². The molecule has 0 aromatic heterocycles. The highest BCUT2D eigenvalue weighted by Gasteiger charge is 2.34. The van der Waals surface area contributed by atoms with Crippen molar-refractivity contribution in [2.24, 2.45) is 17.6 Å². The van der Waals surface area contributed by atoms with Gasteiger partial charge in [-0.05, 0) is 31.6 Å². The quantitative estimate of drug-likeness (QED) is 0.618. The highest BCUT2D eigenvalue weighted by Crippen LogP contribution is 2.36. The van der Waals surface area contributed by atoms with E-state index >= 15 is 0 Å². The van der Waals surface area contributed by atoms with Crippen LogP contribution in [0.1, 0.15) is 46.5 Å². The van der Waals surface area contributed by atoms with E-state index < -0.39 is 0 Å². The minimum atomic E-state index is 0.117. The fourth-order valence-electron chi connectivity index (χ4n) is 2.48. The Labute approximate surface area is 70.4 Å². The molecule has 0 aromatic rings. The van der Waals surface area contributed by atoms with Crippen LogP contribution in [0.3, 0.4) is 0 Å². The first-order valence-electron chi connectivity index (χ1n) is 4.83. The lowest BCUT2D eigenvalue weighted by molar-refractivity contribution is 0.158. The zero-order valence-electron chi connectivity index (χ0n) is 8.06. The van der Waals surface area contributed by atoms with Crippen LogP contribution in [-0.2, 0) is 0 Å². The molecule has 1 aliphatic rings. The standard InChI is InChI=1S/C10H21N/c1-8(2)9-6-4-5-7-10(9,3)11/h8-9H,4-7,11H2,1-3H3. The average Bonchev–Trinajstić information content (AvgIpc) is 1.85. The molecule has 0 heterocycles. The smallest absolute Gasteiger partial charge is 0.0156 e. The van der Waals surface area contributed by atoms with Crippen molar-refractivity contribution in [1.82, 2.24) is 0 Å². The molecule has 0 radical (unpaired) electrons. The molecule has 0 bridgehead atoms. The third kappa shape index (κ3) is 1.96. The van der Waals surface area contributed by atoms with E-state index in [2.05, 4.69) is 20.8 Å². The Balaban J connectivity index is 2.60. The van der Waals surface area contributed by atoms with Crippen molar-refractivity contribution in [3.8, 4) is 0 Å². The maximum Gasteiger partial charge on any atom is 0.0156 e. The maximum atomic E-state index is 6.22. The van der Waals surface area contributed by atoms with Crippen molar-refractivity contribution in [1.29, 1.82) is 0 Å². The van der Waals surface area contributed by atoms with E-state index in [4.69, 9.17) is 5.73 Å². The van der Waals surface area contributed by atoms with Crippen LogP contribution >= 0.6 is 0 Å². The molecule has 1 nitrogen and oxygen atoms in total. The van der Waals surface area contributed by atoms with E-state index in [1.807, 2.05) is 0 Å². The van der Waals surface area contributed by atoms with Gasteiger partial charge in [-0.25, -0.2) is 0 Å². The summed E-state index contributed by atoms with van der Waals surface area (Å²) in [6.07, 6.45) is 5.27. The Morgan fingerprint density at radius 2 is 2.00 bits per heavy atom. The monoisotopic (exact) mass is 155 g/mol. The Morgan fingerprint density at radius 3 is 2.36 bits per heavy atom. The highest BCUT2D eigenvalue weighted by molar-refractivity contribution is 4.91. The fourth-order valence-corrected chi connectivity index (χ4v) is 2.48. The van der Waals surface area contributed by atoms with Crippen molar-refractivity contribution in [2.45, 2.75) is 52.0 Å². The van der Waals surface area contributed by atoms with E-state index in [1.165, 1.54) is 25.7 Å². The lowest BCUT2D eigenvalue weighted by atomic mass is 9.70. The summed E-state index contributed by atoms with van der Waals surface area (Å²) < 4.78 is 0. The molecular formula is C10H21N. The van der Waals surface area contributed by atoms with Gasteiger partial charge < -0.3 is 5.73 Å². The summed E-state index contributed by atoms with van der Waals surface area (Å²) in [7, 11) is 0. The van der Waals surface area contributed by atoms with Crippen LogP contribution in [0.4, 0.5) is 0 Å². The van der Waals surface area contributed by atoms with Crippen LogP contribution in [0.2, 0.25) is 0 Å². The molecule has 0 saturated heterocycles. The largest absolute Gasteiger partial charge is 0.325 e. The second kappa shape index (κ2) is 3.14. The summed E-state index contributed by atoms with van der Waals surface area (Å²) in [5.74, 6) is 1.50. The molecule has 1 saturated carbocycles. The van der Waals surface area contributed by atoms with Gasteiger partial charge in [-0.3, -0.25) is 0 Å². The summed E-state index contributed by atoms with van der Waals surface area (Å²) in [4.78, 5) is 0. The second-order valence-electron chi connectivity index (χ2n) is 4.60. The van der Waals surface area contributed by atoms with E-state index in [1.54, 1.807) is 0 Å². The highest BCUT2D eigenvalue weighted by atomic mass is 14.8. The Kier molecular flexibility index (Phi) is 2.58. The molecule has 1 aliphatic carbocycles. The molecular weight excluding hydrogens is 134 g/mol. The van der Waals surface area contributed by atoms with Gasteiger partial charge in [0.2, 0.25) is 0 Å². The predicted octanol–water partition coefficient (Wildman–Crippen LogP) is 2.55. The van der Waals surface area contributed by atoms with E-state index in [0.717, 1.165) is 11.8 Å². The molecule has 0 aromatic carbocycles. The van der Waals surface area contributed by atoms with Crippen molar-refractivity contribution in [2.75, 3.05) is 0 Å². The van der Waals surface area contributed by atoms with Gasteiger partial charge in [0.1, 0.15) is 0 Å². The van der Waals surface area contributed by atoms with Gasteiger partial charge in [-0.15, -0.1) is 0 Å². The van der Waals surface area contributed by atoms with Crippen LogP contribution < -0.4 is 5.73 Å². The van der Waals surface area contributed by atoms with Crippen molar-refractivity contribution in [3.05, 3.63) is 0 Å². The van der Waals surface area contributed by atoms with Gasteiger partial charge in [0, 0.05) is 5.54 Å². The van der Waals surface area contributed by atoms with E-state index in [9.17, 15) is 0 Å². The number of hydrogen-bond acceptors (Lipinski definition) is 1. The average molecular weight is 155 g/mol. The fraction of sp³-hybridized carbons (Fsp3) is 1.00. The summed E-state index contributed by atoms with van der Waals surface area (Å²) in [6.45, 7) is 6.80. The Hall–Kier alpha value is -0.0400. The van der Waals surface area contributed by atoms with Crippen LogP contribution in [0.25, 0.3) is 0 Å². The van der Waals surface area contributed by atoms with Gasteiger partial charge >= 0.3 is 0 Å². The molecule has 2 unspecified atom stereocenters.